The van der Waals surface area contributed by atoms with Crippen LogP contribution in [-0.2, 0) is 13.0 Å². The number of hydrogen-bond donors (Lipinski definition) is 5. The van der Waals surface area contributed by atoms with E-state index in [9.17, 15) is 15.0 Å². The molecule has 1 fully saturated rings. The minimum absolute atomic E-state index is 0.128. The van der Waals surface area contributed by atoms with E-state index >= 15 is 0 Å². The van der Waals surface area contributed by atoms with Crippen LogP contribution in [0.4, 0.5) is 0 Å². The maximum atomic E-state index is 11.6. The average Bonchev–Trinajstić information content (AvgIpc) is 3.37. The summed E-state index contributed by atoms with van der Waals surface area (Å²) in [5.74, 6) is 5.67. The first-order chi connectivity index (χ1) is 16.1. The molecule has 2 aromatic carbocycles. The summed E-state index contributed by atoms with van der Waals surface area (Å²) in [4.78, 5) is 17.9. The molecular formula is C26H28N4O3. The third-order valence-electron chi connectivity index (χ3n) is 5.91. The molecule has 0 aliphatic carbocycles. The van der Waals surface area contributed by atoms with Gasteiger partial charge < -0.3 is 25.8 Å². The van der Waals surface area contributed by atoms with E-state index in [0.29, 0.717) is 6.04 Å². The highest BCUT2D eigenvalue weighted by atomic mass is 16.3. The lowest BCUT2D eigenvalue weighted by Gasteiger charge is -2.14. The monoisotopic (exact) mass is 444 g/mol. The van der Waals surface area contributed by atoms with Crippen LogP contribution in [0.1, 0.15) is 40.3 Å². The first-order valence-electron chi connectivity index (χ1n) is 11.1. The summed E-state index contributed by atoms with van der Waals surface area (Å²) in [5, 5.41) is 26.6. The van der Waals surface area contributed by atoms with Crippen LogP contribution in [0.25, 0.3) is 0 Å². The molecule has 170 valence electrons. The molecule has 1 unspecified atom stereocenters. The molecule has 0 radical (unpaired) electrons. The first-order valence-corrected chi connectivity index (χ1v) is 11.1. The molecule has 33 heavy (non-hydrogen) atoms. The fourth-order valence-electron chi connectivity index (χ4n) is 3.88. The molecule has 0 amide bonds. The molecule has 1 aliphatic rings. The lowest BCUT2D eigenvalue weighted by Crippen LogP contribution is -2.30. The van der Waals surface area contributed by atoms with Crippen LogP contribution in [-0.4, -0.2) is 45.9 Å². The van der Waals surface area contributed by atoms with Gasteiger partial charge in [0.25, 0.3) is 5.56 Å². The summed E-state index contributed by atoms with van der Waals surface area (Å²) in [7, 11) is 0. The summed E-state index contributed by atoms with van der Waals surface area (Å²) in [6, 6.07) is 16.5. The van der Waals surface area contributed by atoms with Gasteiger partial charge in [-0.1, -0.05) is 36.1 Å². The fourth-order valence-corrected chi connectivity index (χ4v) is 3.88. The van der Waals surface area contributed by atoms with Crippen LogP contribution < -0.4 is 16.2 Å². The fraction of sp³-hybridized carbons (Fsp3) is 0.308. The highest BCUT2D eigenvalue weighted by molar-refractivity contribution is 5.44. The van der Waals surface area contributed by atoms with Gasteiger partial charge in [-0.3, -0.25) is 4.79 Å². The Morgan fingerprint density at radius 1 is 1.09 bits per heavy atom. The van der Waals surface area contributed by atoms with Crippen molar-refractivity contribution in [3.05, 3.63) is 93.2 Å². The van der Waals surface area contributed by atoms with Crippen molar-refractivity contribution in [3.8, 4) is 17.6 Å². The van der Waals surface area contributed by atoms with E-state index in [4.69, 9.17) is 0 Å². The summed E-state index contributed by atoms with van der Waals surface area (Å²) in [6.07, 6.45) is 2.68. The van der Waals surface area contributed by atoms with Gasteiger partial charge in [-0.15, -0.1) is 0 Å². The number of aliphatic hydroxyl groups excluding tert-OH is 1. The highest BCUT2D eigenvalue weighted by Crippen LogP contribution is 2.22. The molecular weight excluding hydrogens is 416 g/mol. The largest absolute Gasteiger partial charge is 0.502 e. The summed E-state index contributed by atoms with van der Waals surface area (Å²) in [6.45, 7) is 2.85. The van der Waals surface area contributed by atoms with E-state index in [1.54, 1.807) is 0 Å². The van der Waals surface area contributed by atoms with E-state index in [1.807, 2.05) is 36.4 Å². The minimum atomic E-state index is -0.585. The van der Waals surface area contributed by atoms with Crippen molar-refractivity contribution < 1.29 is 10.2 Å². The first kappa shape index (κ1) is 22.7. The molecule has 1 aromatic heterocycles. The van der Waals surface area contributed by atoms with Gasteiger partial charge in [-0.05, 0) is 48.4 Å². The van der Waals surface area contributed by atoms with Crippen LogP contribution in [0.3, 0.4) is 0 Å². The normalized spacial score (nSPS) is 16.2. The number of rotatable bonds is 7. The lowest BCUT2D eigenvalue weighted by atomic mass is 9.94. The second kappa shape index (κ2) is 10.9. The van der Waals surface area contributed by atoms with Crippen LogP contribution in [0, 0.1) is 11.8 Å². The Bertz CT molecular complexity index is 1170. The predicted molar refractivity (Wildman–Crippen MR) is 127 cm³/mol. The topological polar surface area (TPSA) is 110 Å². The zero-order chi connectivity index (χ0) is 23.0. The Labute approximate surface area is 192 Å². The van der Waals surface area contributed by atoms with Gasteiger partial charge in [0.15, 0.2) is 0 Å². The lowest BCUT2D eigenvalue weighted by molar-refractivity contribution is 0.263. The maximum absolute atomic E-state index is 11.6. The molecule has 1 aliphatic heterocycles. The predicted octanol–water partition coefficient (Wildman–Crippen LogP) is 1.65. The van der Waals surface area contributed by atoms with Crippen molar-refractivity contribution in [3.63, 3.8) is 0 Å². The number of nitrogens with zero attached hydrogens (tertiary/aromatic N) is 1. The van der Waals surface area contributed by atoms with Crippen LogP contribution in [0.5, 0.6) is 5.75 Å². The molecule has 7 heteroatoms. The number of benzene rings is 2. The third-order valence-corrected chi connectivity index (χ3v) is 5.91. The van der Waals surface area contributed by atoms with Crippen molar-refractivity contribution >= 4 is 0 Å². The molecule has 2 heterocycles. The zero-order valence-electron chi connectivity index (χ0n) is 18.3. The molecule has 3 aromatic rings. The van der Waals surface area contributed by atoms with Gasteiger partial charge in [0, 0.05) is 42.6 Å². The standard InChI is InChI=1S/C26H28N4O3/c31-16-22(13-24-25(32)26(33)30-17-29-24)21-9-7-19(8-10-21)2-1-18-3-5-20(6-4-18)14-28-23-11-12-27-15-23/h3-10,17,22-23,27-28,31-32H,11-16H2,(H,29,30,33)/t22?,23-/m1/s1. The van der Waals surface area contributed by atoms with E-state index in [1.165, 1.54) is 18.3 Å². The molecule has 0 spiro atoms. The van der Waals surface area contributed by atoms with Crippen molar-refractivity contribution in [2.24, 2.45) is 0 Å². The number of aromatic nitrogens is 2. The Balaban J connectivity index is 1.37. The maximum Gasteiger partial charge on any atom is 0.293 e. The van der Waals surface area contributed by atoms with Crippen molar-refractivity contribution in [1.29, 1.82) is 0 Å². The third kappa shape index (κ3) is 6.08. The number of aromatic hydroxyl groups is 1. The molecule has 0 saturated carbocycles. The Hall–Kier alpha value is -3.44. The summed E-state index contributed by atoms with van der Waals surface area (Å²) >= 11 is 0. The van der Waals surface area contributed by atoms with E-state index in [2.05, 4.69) is 44.6 Å². The number of aliphatic hydroxyl groups is 1. The smallest absolute Gasteiger partial charge is 0.293 e. The Morgan fingerprint density at radius 2 is 1.79 bits per heavy atom. The van der Waals surface area contributed by atoms with Gasteiger partial charge in [-0.25, -0.2) is 4.98 Å². The molecule has 1 saturated heterocycles. The van der Waals surface area contributed by atoms with Crippen LogP contribution >= 0.6 is 0 Å². The average molecular weight is 445 g/mol. The summed E-state index contributed by atoms with van der Waals surface area (Å²) < 4.78 is 0. The molecule has 2 atom stereocenters. The Morgan fingerprint density at radius 3 is 2.42 bits per heavy atom. The van der Waals surface area contributed by atoms with Gasteiger partial charge in [0.2, 0.25) is 5.75 Å². The van der Waals surface area contributed by atoms with Gasteiger partial charge >= 0.3 is 0 Å². The molecule has 0 bridgehead atoms. The van der Waals surface area contributed by atoms with Gasteiger partial charge in [0.05, 0.1) is 18.6 Å². The second-order valence-corrected chi connectivity index (χ2v) is 8.25. The van der Waals surface area contributed by atoms with Gasteiger partial charge in [0.1, 0.15) is 0 Å². The number of nitrogens with one attached hydrogen (secondary N) is 3. The van der Waals surface area contributed by atoms with E-state index < -0.39 is 11.3 Å². The Kier molecular flexibility index (Phi) is 7.53. The molecule has 4 rings (SSSR count). The van der Waals surface area contributed by atoms with Crippen molar-refractivity contribution in [1.82, 2.24) is 20.6 Å². The second-order valence-electron chi connectivity index (χ2n) is 8.25. The SMILES string of the molecule is O=c1[nH]cnc(CC(CO)c2ccc(C#Cc3ccc(CN[C@@H]4CCNC4)cc3)cc2)c1O. The van der Waals surface area contributed by atoms with Crippen molar-refractivity contribution in [2.75, 3.05) is 19.7 Å². The van der Waals surface area contributed by atoms with E-state index in [-0.39, 0.29) is 24.6 Å². The highest BCUT2D eigenvalue weighted by Gasteiger charge is 2.16. The number of hydrogen-bond acceptors (Lipinski definition) is 6. The number of aromatic amines is 1. The minimum Gasteiger partial charge on any atom is -0.502 e. The molecule has 5 N–H and O–H groups in total. The van der Waals surface area contributed by atoms with E-state index in [0.717, 1.165) is 36.3 Å². The zero-order valence-corrected chi connectivity index (χ0v) is 18.3. The molecule has 7 nitrogen and oxygen atoms in total. The quantitative estimate of drug-likeness (QED) is 0.355. The summed E-state index contributed by atoms with van der Waals surface area (Å²) in [5.41, 5.74) is 3.63. The van der Waals surface area contributed by atoms with Crippen molar-refractivity contribution in [2.45, 2.75) is 31.3 Å². The van der Waals surface area contributed by atoms with Gasteiger partial charge in [-0.2, -0.15) is 0 Å². The van der Waals surface area contributed by atoms with Crippen LogP contribution in [0.2, 0.25) is 0 Å². The number of H-pyrrole nitrogens is 1. The van der Waals surface area contributed by atoms with Crippen LogP contribution in [0.15, 0.2) is 59.7 Å².